The van der Waals surface area contributed by atoms with Crippen molar-refractivity contribution < 1.29 is 0 Å². The zero-order valence-corrected chi connectivity index (χ0v) is 12.9. The molecule has 1 aromatic carbocycles. The molecule has 0 fully saturated rings. The van der Waals surface area contributed by atoms with E-state index in [4.69, 9.17) is 23.2 Å². The van der Waals surface area contributed by atoms with Crippen LogP contribution in [0.5, 0.6) is 0 Å². The number of thiophene rings is 1. The Kier molecular flexibility index (Phi) is 4.36. The third kappa shape index (κ3) is 3.38. The fraction of sp³-hybridized carbons (Fsp3) is 0.167. The van der Waals surface area contributed by atoms with Gasteiger partial charge < -0.3 is 5.32 Å². The zero-order chi connectivity index (χ0) is 12.4. The van der Waals surface area contributed by atoms with Gasteiger partial charge >= 0.3 is 0 Å². The van der Waals surface area contributed by atoms with Crippen molar-refractivity contribution in [3.8, 4) is 0 Å². The predicted octanol–water partition coefficient (Wildman–Crippen LogP) is 5.99. The van der Waals surface area contributed by atoms with Crippen molar-refractivity contribution in [2.75, 3.05) is 5.32 Å². The molecular formula is C12H10BrCl2NS. The van der Waals surface area contributed by atoms with Gasteiger partial charge in [0.2, 0.25) is 0 Å². The highest BCUT2D eigenvalue weighted by atomic mass is 79.9. The van der Waals surface area contributed by atoms with Gasteiger partial charge in [0, 0.05) is 16.2 Å². The van der Waals surface area contributed by atoms with Crippen molar-refractivity contribution in [2.24, 2.45) is 0 Å². The molecule has 2 rings (SSSR count). The molecule has 1 N–H and O–H groups in total. The lowest BCUT2D eigenvalue weighted by molar-refractivity contribution is 0.890. The number of halogens is 3. The summed E-state index contributed by atoms with van der Waals surface area (Å²) in [6, 6.07) is 8.00. The fourth-order valence-electron chi connectivity index (χ4n) is 1.47. The molecule has 0 saturated heterocycles. The summed E-state index contributed by atoms with van der Waals surface area (Å²) in [6.07, 6.45) is 0. The molecule has 0 spiro atoms. The monoisotopic (exact) mass is 349 g/mol. The molecule has 1 unspecified atom stereocenters. The van der Waals surface area contributed by atoms with E-state index in [0.29, 0.717) is 5.02 Å². The van der Waals surface area contributed by atoms with Gasteiger partial charge in [0.25, 0.3) is 0 Å². The van der Waals surface area contributed by atoms with E-state index in [1.807, 2.05) is 24.3 Å². The first-order chi connectivity index (χ1) is 8.06. The molecule has 0 saturated carbocycles. The highest BCUT2D eigenvalue weighted by molar-refractivity contribution is 9.10. The summed E-state index contributed by atoms with van der Waals surface area (Å²) in [5, 5.41) is 6.14. The minimum atomic E-state index is 0.205. The molecule has 90 valence electrons. The summed E-state index contributed by atoms with van der Waals surface area (Å²) in [6.45, 7) is 2.09. The minimum Gasteiger partial charge on any atom is -0.378 e. The van der Waals surface area contributed by atoms with Crippen molar-refractivity contribution in [3.05, 3.63) is 49.0 Å². The van der Waals surface area contributed by atoms with Crippen LogP contribution in [0.2, 0.25) is 9.36 Å². The molecule has 1 aromatic heterocycles. The minimum absolute atomic E-state index is 0.205. The van der Waals surface area contributed by atoms with Crippen LogP contribution in [0, 0.1) is 0 Å². The number of hydrogen-bond acceptors (Lipinski definition) is 2. The van der Waals surface area contributed by atoms with Gasteiger partial charge in [-0.2, -0.15) is 0 Å². The lowest BCUT2D eigenvalue weighted by Crippen LogP contribution is -2.05. The van der Waals surface area contributed by atoms with Gasteiger partial charge in [0.1, 0.15) is 0 Å². The van der Waals surface area contributed by atoms with E-state index in [0.717, 1.165) is 14.5 Å². The van der Waals surface area contributed by atoms with Crippen molar-refractivity contribution in [1.29, 1.82) is 0 Å². The van der Waals surface area contributed by atoms with Crippen LogP contribution < -0.4 is 5.32 Å². The van der Waals surface area contributed by atoms with Crippen LogP contribution >= 0.6 is 50.5 Å². The molecule has 0 amide bonds. The molecule has 0 aliphatic heterocycles. The number of rotatable bonds is 3. The molecule has 1 atom stereocenters. The second kappa shape index (κ2) is 5.61. The van der Waals surface area contributed by atoms with Crippen LogP contribution in [0.15, 0.2) is 34.1 Å². The summed E-state index contributed by atoms with van der Waals surface area (Å²) in [5.74, 6) is 0. The average Bonchev–Trinajstić information content (AvgIpc) is 2.70. The maximum Gasteiger partial charge on any atom is 0.0931 e. The van der Waals surface area contributed by atoms with Gasteiger partial charge in [0.05, 0.1) is 9.36 Å². The first-order valence-corrected chi connectivity index (χ1v) is 7.44. The summed E-state index contributed by atoms with van der Waals surface area (Å²) >= 11 is 16.9. The molecule has 2 aromatic rings. The summed E-state index contributed by atoms with van der Waals surface area (Å²) in [7, 11) is 0. The normalized spacial score (nSPS) is 12.5. The Morgan fingerprint density at radius 3 is 2.65 bits per heavy atom. The van der Waals surface area contributed by atoms with Crippen LogP contribution in [-0.2, 0) is 0 Å². The van der Waals surface area contributed by atoms with Crippen LogP contribution in [0.4, 0.5) is 5.69 Å². The summed E-state index contributed by atoms with van der Waals surface area (Å²) in [4.78, 5) is 0. The Labute approximate surface area is 123 Å². The number of hydrogen-bond donors (Lipinski definition) is 1. The van der Waals surface area contributed by atoms with E-state index in [-0.39, 0.29) is 6.04 Å². The van der Waals surface area contributed by atoms with E-state index < -0.39 is 0 Å². The molecule has 0 aliphatic carbocycles. The fourth-order valence-corrected chi connectivity index (χ4v) is 2.88. The Morgan fingerprint density at radius 2 is 2.06 bits per heavy atom. The van der Waals surface area contributed by atoms with E-state index >= 15 is 0 Å². The third-order valence-corrected chi connectivity index (χ3v) is 4.73. The largest absolute Gasteiger partial charge is 0.378 e. The van der Waals surface area contributed by atoms with Gasteiger partial charge in [-0.15, -0.1) is 11.3 Å². The molecule has 5 heteroatoms. The van der Waals surface area contributed by atoms with Crippen LogP contribution in [-0.4, -0.2) is 0 Å². The van der Waals surface area contributed by atoms with E-state index in [9.17, 15) is 0 Å². The van der Waals surface area contributed by atoms with E-state index in [2.05, 4.69) is 33.6 Å². The average molecular weight is 351 g/mol. The quantitative estimate of drug-likeness (QED) is 0.716. The molecule has 1 heterocycles. The first-order valence-electron chi connectivity index (χ1n) is 5.02. The molecular weight excluding hydrogens is 341 g/mol. The topological polar surface area (TPSA) is 12.0 Å². The smallest absolute Gasteiger partial charge is 0.0931 e. The highest BCUT2D eigenvalue weighted by Gasteiger charge is 2.08. The van der Waals surface area contributed by atoms with Crippen molar-refractivity contribution in [1.82, 2.24) is 0 Å². The lowest BCUT2D eigenvalue weighted by atomic mass is 10.1. The lowest BCUT2D eigenvalue weighted by Gasteiger charge is -2.14. The van der Waals surface area contributed by atoms with Crippen LogP contribution in [0.1, 0.15) is 18.5 Å². The maximum absolute atomic E-state index is 6.04. The number of benzene rings is 1. The van der Waals surface area contributed by atoms with Crippen molar-refractivity contribution in [3.63, 3.8) is 0 Å². The second-order valence-corrected chi connectivity index (χ2v) is 6.48. The molecule has 0 aliphatic rings. The van der Waals surface area contributed by atoms with Gasteiger partial charge in [-0.25, -0.2) is 0 Å². The Hall–Kier alpha value is -0.220. The molecule has 1 nitrogen and oxygen atoms in total. The first kappa shape index (κ1) is 13.2. The number of anilines is 1. The van der Waals surface area contributed by atoms with Crippen LogP contribution in [0.25, 0.3) is 0 Å². The summed E-state index contributed by atoms with van der Waals surface area (Å²) in [5.41, 5.74) is 2.17. The van der Waals surface area contributed by atoms with Crippen molar-refractivity contribution in [2.45, 2.75) is 13.0 Å². The van der Waals surface area contributed by atoms with E-state index in [1.54, 1.807) is 11.3 Å². The van der Waals surface area contributed by atoms with Crippen LogP contribution in [0.3, 0.4) is 0 Å². The molecule has 0 bridgehead atoms. The Morgan fingerprint density at radius 1 is 1.29 bits per heavy atom. The predicted molar refractivity (Wildman–Crippen MR) is 80.5 cm³/mol. The maximum atomic E-state index is 6.04. The Balaban J connectivity index is 2.12. The zero-order valence-electron chi connectivity index (χ0n) is 9.01. The van der Waals surface area contributed by atoms with Gasteiger partial charge in [-0.1, -0.05) is 23.2 Å². The van der Waals surface area contributed by atoms with Gasteiger partial charge in [-0.3, -0.25) is 0 Å². The third-order valence-electron chi connectivity index (χ3n) is 2.39. The highest BCUT2D eigenvalue weighted by Crippen LogP contribution is 2.30. The summed E-state index contributed by atoms with van der Waals surface area (Å²) < 4.78 is 1.71. The van der Waals surface area contributed by atoms with Gasteiger partial charge in [-0.05, 0) is 58.1 Å². The number of nitrogens with one attached hydrogen (secondary N) is 1. The molecule has 17 heavy (non-hydrogen) atoms. The van der Waals surface area contributed by atoms with E-state index in [1.165, 1.54) is 5.56 Å². The van der Waals surface area contributed by atoms with Crippen molar-refractivity contribution >= 4 is 56.2 Å². The van der Waals surface area contributed by atoms with Gasteiger partial charge in [0.15, 0.2) is 0 Å². The second-order valence-electron chi connectivity index (χ2n) is 3.68. The Bertz CT molecular complexity index is 527. The molecule has 0 radical (unpaired) electrons. The standard InChI is InChI=1S/C12H10BrCl2NS/c1-7(8-4-12(15)17-6-8)16-9-2-3-10(13)11(14)5-9/h2-7,16H,1H3. The SMILES string of the molecule is CC(Nc1ccc(Br)c(Cl)c1)c1csc(Cl)c1.